The molecule has 0 saturated carbocycles. The quantitative estimate of drug-likeness (QED) is 0.277. The number of benzene rings is 2. The van der Waals surface area contributed by atoms with E-state index in [-0.39, 0.29) is 5.70 Å². The number of amides is 2. The van der Waals surface area contributed by atoms with E-state index in [4.69, 9.17) is 9.47 Å². The Balaban J connectivity index is 1.47. The first kappa shape index (κ1) is 29.1. The van der Waals surface area contributed by atoms with Crippen molar-refractivity contribution in [2.24, 2.45) is 0 Å². The van der Waals surface area contributed by atoms with Crippen molar-refractivity contribution in [3.8, 4) is 0 Å². The molecule has 3 heterocycles. The van der Waals surface area contributed by atoms with Crippen molar-refractivity contribution in [1.29, 1.82) is 0 Å². The fourth-order valence-corrected chi connectivity index (χ4v) is 6.03. The number of carbonyl (C=O) groups is 3. The summed E-state index contributed by atoms with van der Waals surface area (Å²) < 4.78 is 11.5. The van der Waals surface area contributed by atoms with Crippen LogP contribution in [0.4, 0.5) is 4.79 Å². The van der Waals surface area contributed by atoms with Gasteiger partial charge in [-0.05, 0) is 56.0 Å². The summed E-state index contributed by atoms with van der Waals surface area (Å²) in [6, 6.07) is 22.0. The van der Waals surface area contributed by atoms with Crippen molar-refractivity contribution >= 4 is 35.8 Å². The van der Waals surface area contributed by atoms with Crippen LogP contribution in [-0.4, -0.2) is 50.6 Å². The van der Waals surface area contributed by atoms with Crippen LogP contribution in [-0.2, 0) is 19.1 Å². The number of thioether (sulfide) groups is 1. The molecule has 5 rings (SSSR count). The number of hydrogen-bond acceptors (Lipinski definition) is 7. The smallest absolute Gasteiger partial charge is 0.408 e. The van der Waals surface area contributed by atoms with E-state index < -0.39 is 41.1 Å². The number of esters is 1. The second-order valence-electron chi connectivity index (χ2n) is 11.1. The maximum absolute atomic E-state index is 14.0. The van der Waals surface area contributed by atoms with Gasteiger partial charge in [0.15, 0.2) is 6.10 Å². The maximum Gasteiger partial charge on any atom is 0.408 e. The first-order valence-corrected chi connectivity index (χ1v) is 14.7. The molecule has 8 nitrogen and oxygen atoms in total. The van der Waals surface area contributed by atoms with Crippen molar-refractivity contribution in [2.45, 2.75) is 50.8 Å². The van der Waals surface area contributed by atoms with Crippen LogP contribution in [0.2, 0.25) is 0 Å². The molecule has 42 heavy (non-hydrogen) atoms. The fourth-order valence-electron chi connectivity index (χ4n) is 4.72. The van der Waals surface area contributed by atoms with E-state index in [9.17, 15) is 14.4 Å². The number of alkyl carbamates (subject to hydrolysis) is 1. The van der Waals surface area contributed by atoms with Crippen LogP contribution in [0.15, 0.2) is 96.3 Å². The van der Waals surface area contributed by atoms with Gasteiger partial charge in [-0.3, -0.25) is 14.7 Å². The summed E-state index contributed by atoms with van der Waals surface area (Å²) in [6.07, 6.45) is 4.08. The summed E-state index contributed by atoms with van der Waals surface area (Å²) in [5.41, 5.74) is 3.47. The van der Waals surface area contributed by atoms with Crippen LogP contribution < -0.4 is 5.32 Å². The number of carbonyl (C=O) groups excluding carboxylic acids is 3. The molecule has 2 aliphatic heterocycles. The second kappa shape index (κ2) is 12.2. The monoisotopic (exact) mass is 583 g/mol. The lowest BCUT2D eigenvalue weighted by atomic mass is 10.0. The zero-order chi connectivity index (χ0) is 29.9. The first-order chi connectivity index (χ1) is 20.1. The number of hydrogen-bond donors (Lipinski definition) is 1. The van der Waals surface area contributed by atoms with E-state index in [1.807, 2.05) is 91.9 Å². The number of nitrogens with one attached hydrogen (secondary N) is 1. The molecule has 2 amide bonds. The van der Waals surface area contributed by atoms with E-state index in [2.05, 4.69) is 10.3 Å². The lowest BCUT2D eigenvalue weighted by Gasteiger charge is -2.49. The summed E-state index contributed by atoms with van der Waals surface area (Å²) in [5.74, 6) is -0.588. The highest BCUT2D eigenvalue weighted by atomic mass is 32.2. The van der Waals surface area contributed by atoms with Gasteiger partial charge < -0.3 is 14.8 Å². The standard InChI is InChI=1S/C33H33N3O5S/c1-21-15-16-22(19-34-21)17-18-25-20-42-30-26(35-32(39)41-33(2,3)4)29(37)36(30)27(25)31(38)40-28(23-11-7-5-8-12-23)24-13-9-6-10-14-24/h5-19,26,28,30H,20H2,1-4H3,(H,35,39)/b18-17-/t26-,30+/m1/s1. The number of β-lactam (4-membered cyclic amide) rings is 1. The lowest BCUT2D eigenvalue weighted by molar-refractivity contribution is -0.153. The third kappa shape index (κ3) is 6.57. The minimum Gasteiger partial charge on any atom is -0.448 e. The Morgan fingerprint density at radius 3 is 2.21 bits per heavy atom. The summed E-state index contributed by atoms with van der Waals surface area (Å²) in [7, 11) is 0. The van der Waals surface area contributed by atoms with Gasteiger partial charge in [-0.1, -0.05) is 78.9 Å². The maximum atomic E-state index is 14.0. The van der Waals surface area contributed by atoms with Gasteiger partial charge in [0.05, 0.1) is 0 Å². The molecule has 2 aliphatic rings. The molecule has 0 aliphatic carbocycles. The molecule has 1 aromatic heterocycles. The van der Waals surface area contributed by atoms with Crippen LogP contribution in [0.5, 0.6) is 0 Å². The summed E-state index contributed by atoms with van der Waals surface area (Å²) in [4.78, 5) is 45.7. The Hall–Kier alpha value is -4.37. The second-order valence-corrected chi connectivity index (χ2v) is 12.2. The molecule has 1 fully saturated rings. The van der Waals surface area contributed by atoms with Crippen LogP contribution in [0.25, 0.3) is 6.08 Å². The van der Waals surface area contributed by atoms with E-state index in [0.29, 0.717) is 11.3 Å². The Morgan fingerprint density at radius 1 is 1.00 bits per heavy atom. The van der Waals surface area contributed by atoms with E-state index in [0.717, 1.165) is 22.4 Å². The van der Waals surface area contributed by atoms with Crippen LogP contribution in [0.1, 0.15) is 49.3 Å². The van der Waals surface area contributed by atoms with Crippen molar-refractivity contribution in [1.82, 2.24) is 15.2 Å². The molecule has 0 unspecified atom stereocenters. The lowest BCUT2D eigenvalue weighted by Crippen LogP contribution is -2.70. The predicted octanol–water partition coefficient (Wildman–Crippen LogP) is 5.80. The van der Waals surface area contributed by atoms with Gasteiger partial charge in [-0.25, -0.2) is 9.59 Å². The molecule has 216 valence electrons. The number of aromatic nitrogens is 1. The average molecular weight is 584 g/mol. The van der Waals surface area contributed by atoms with Gasteiger partial charge in [-0.15, -0.1) is 11.8 Å². The number of allylic oxidation sites excluding steroid dienone is 1. The highest BCUT2D eigenvalue weighted by Crippen LogP contribution is 2.42. The van der Waals surface area contributed by atoms with Crippen molar-refractivity contribution in [3.63, 3.8) is 0 Å². The van der Waals surface area contributed by atoms with E-state index in [1.54, 1.807) is 27.0 Å². The molecular weight excluding hydrogens is 550 g/mol. The SMILES string of the molecule is Cc1ccc(/C=C\C2=C(C(=O)OC(c3ccccc3)c3ccccc3)N3C(=O)[C@@H](NC(=O)OC(C)(C)C)[C@@H]3SC2)cn1. The molecule has 2 atom stereocenters. The summed E-state index contributed by atoms with van der Waals surface area (Å²) in [6.45, 7) is 7.18. The van der Waals surface area contributed by atoms with E-state index in [1.165, 1.54) is 16.7 Å². The third-order valence-corrected chi connectivity index (χ3v) is 8.01. The van der Waals surface area contributed by atoms with Gasteiger partial charge in [-0.2, -0.15) is 0 Å². The Morgan fingerprint density at radius 2 is 1.64 bits per heavy atom. The van der Waals surface area contributed by atoms with Gasteiger partial charge in [0.25, 0.3) is 5.91 Å². The van der Waals surface area contributed by atoms with Crippen molar-refractivity contribution in [2.75, 3.05) is 5.75 Å². The number of fused-ring (bicyclic) bond motifs is 1. The molecule has 1 saturated heterocycles. The zero-order valence-corrected chi connectivity index (χ0v) is 24.8. The number of ether oxygens (including phenoxy) is 2. The van der Waals surface area contributed by atoms with E-state index >= 15 is 0 Å². The summed E-state index contributed by atoms with van der Waals surface area (Å²) >= 11 is 1.47. The molecule has 2 aromatic carbocycles. The van der Waals surface area contributed by atoms with Gasteiger partial charge in [0, 0.05) is 17.6 Å². The van der Waals surface area contributed by atoms with Crippen LogP contribution in [0.3, 0.4) is 0 Å². The molecule has 3 aromatic rings. The zero-order valence-electron chi connectivity index (χ0n) is 23.9. The molecule has 9 heteroatoms. The van der Waals surface area contributed by atoms with Crippen molar-refractivity contribution in [3.05, 3.63) is 119 Å². The van der Waals surface area contributed by atoms with Crippen LogP contribution in [0, 0.1) is 6.92 Å². The Labute approximate surface area is 249 Å². The highest BCUT2D eigenvalue weighted by molar-refractivity contribution is 8.00. The molecule has 0 bridgehead atoms. The van der Waals surface area contributed by atoms with Gasteiger partial charge in [0.2, 0.25) is 0 Å². The predicted molar refractivity (Wildman–Crippen MR) is 162 cm³/mol. The molecule has 0 spiro atoms. The number of pyridine rings is 1. The van der Waals surface area contributed by atoms with Crippen LogP contribution >= 0.6 is 11.8 Å². The third-order valence-electron chi connectivity index (χ3n) is 6.70. The average Bonchev–Trinajstić information content (AvgIpc) is 2.97. The minimum atomic E-state index is -0.821. The molecular formula is C33H33N3O5S. The summed E-state index contributed by atoms with van der Waals surface area (Å²) in [5, 5.41) is 2.20. The largest absolute Gasteiger partial charge is 0.448 e. The number of nitrogens with zero attached hydrogens (tertiary/aromatic N) is 2. The molecule has 1 N–H and O–H groups in total. The van der Waals surface area contributed by atoms with Gasteiger partial charge in [0.1, 0.15) is 22.7 Å². The number of rotatable bonds is 7. The molecule has 0 radical (unpaired) electrons. The normalized spacial score (nSPS) is 18.5. The van der Waals surface area contributed by atoms with Crippen molar-refractivity contribution < 1.29 is 23.9 Å². The Kier molecular flexibility index (Phi) is 8.49. The topological polar surface area (TPSA) is 97.8 Å². The fraction of sp³-hybridized carbons (Fsp3) is 0.273. The Bertz CT molecular complexity index is 1480. The highest BCUT2D eigenvalue weighted by Gasteiger charge is 2.54. The minimum absolute atomic E-state index is 0.166. The first-order valence-electron chi connectivity index (χ1n) is 13.7. The van der Waals surface area contributed by atoms with Gasteiger partial charge >= 0.3 is 12.1 Å². The number of aryl methyl sites for hydroxylation is 1.